The Morgan fingerprint density at radius 2 is 1.13 bits per heavy atom. The molecule has 0 aromatic heterocycles. The first kappa shape index (κ1) is 40.5. The number of anilines is 2. The minimum absolute atomic E-state index is 0. The van der Waals surface area contributed by atoms with E-state index in [-0.39, 0.29) is 35.9 Å². The lowest BCUT2D eigenvalue weighted by Crippen LogP contribution is -2.26. The molecule has 254 valence electrons. The number of methoxy groups -OCH3 is 2. The molecule has 3 aromatic carbocycles. The highest BCUT2D eigenvalue weighted by Gasteiger charge is 2.23. The highest BCUT2D eigenvalue weighted by atomic mass is 35.5. The Balaban J connectivity index is 0.00000552. The zero-order valence-electron chi connectivity index (χ0n) is 26.7. The second kappa shape index (κ2) is 21.3. The van der Waals surface area contributed by atoms with Crippen LogP contribution in [0.15, 0.2) is 76.7 Å². The maximum Gasteiger partial charge on any atom is 0.282 e. The standard InChI is InChI=1S/C32H39N7O6.2ClH/c1-33-29(35-17-5-19-44-3)22-7-12-25(13-8-22)37-31(40)24-11-16-27(28(21-24)39(42)43)32(41)38-26-14-9-23(10-15-26)30(34-2)36-18-6-20-45-4;;/h7-16,21H,5-6,17-20H2,1-4H3,(H,33,35)(H,34,36)(H,37,40)(H,38,41);2*1H. The van der Waals surface area contributed by atoms with E-state index < -0.39 is 22.4 Å². The Morgan fingerprint density at radius 3 is 1.53 bits per heavy atom. The summed E-state index contributed by atoms with van der Waals surface area (Å²) < 4.78 is 10.1. The molecule has 0 spiro atoms. The summed E-state index contributed by atoms with van der Waals surface area (Å²) in [6, 6.07) is 17.7. The largest absolute Gasteiger partial charge is 0.385 e. The van der Waals surface area contributed by atoms with Crippen LogP contribution in [-0.4, -0.2) is 83.0 Å². The van der Waals surface area contributed by atoms with Crippen molar-refractivity contribution in [2.45, 2.75) is 12.8 Å². The molecule has 47 heavy (non-hydrogen) atoms. The van der Waals surface area contributed by atoms with Gasteiger partial charge in [0.05, 0.1) is 4.92 Å². The lowest BCUT2D eigenvalue weighted by molar-refractivity contribution is -0.385. The molecule has 0 aliphatic rings. The number of nitro groups is 1. The smallest absolute Gasteiger partial charge is 0.282 e. The number of rotatable bonds is 15. The van der Waals surface area contributed by atoms with E-state index in [1.165, 1.54) is 12.1 Å². The van der Waals surface area contributed by atoms with Crippen LogP contribution < -0.4 is 21.3 Å². The molecular formula is C32H41Cl2N7O6. The van der Waals surface area contributed by atoms with Crippen LogP contribution in [0.1, 0.15) is 44.7 Å². The molecule has 0 saturated carbocycles. The van der Waals surface area contributed by atoms with E-state index in [1.807, 2.05) is 0 Å². The summed E-state index contributed by atoms with van der Waals surface area (Å²) in [4.78, 5) is 45.7. The minimum Gasteiger partial charge on any atom is -0.385 e. The third-order valence-corrected chi connectivity index (χ3v) is 6.62. The number of carbonyl (C=O) groups excluding carboxylic acids is 2. The van der Waals surface area contributed by atoms with E-state index in [9.17, 15) is 19.7 Å². The van der Waals surface area contributed by atoms with Crippen molar-refractivity contribution in [3.8, 4) is 0 Å². The van der Waals surface area contributed by atoms with Crippen molar-refractivity contribution in [1.29, 1.82) is 0 Å². The normalized spacial score (nSPS) is 11.1. The van der Waals surface area contributed by atoms with Gasteiger partial charge in [0.1, 0.15) is 17.2 Å². The molecule has 13 nitrogen and oxygen atoms in total. The number of benzene rings is 3. The van der Waals surface area contributed by atoms with Crippen LogP contribution in [-0.2, 0) is 9.47 Å². The van der Waals surface area contributed by atoms with Crippen LogP contribution in [0.4, 0.5) is 17.1 Å². The topological polar surface area (TPSA) is 169 Å². The maximum atomic E-state index is 13.0. The molecule has 3 aromatic rings. The monoisotopic (exact) mass is 689 g/mol. The molecule has 15 heteroatoms. The number of amidine groups is 2. The number of nitrogens with one attached hydrogen (secondary N) is 4. The highest BCUT2D eigenvalue weighted by Crippen LogP contribution is 2.23. The number of hydrogen-bond acceptors (Lipinski definition) is 8. The summed E-state index contributed by atoms with van der Waals surface area (Å²) in [5.41, 5.74) is 1.96. The van der Waals surface area contributed by atoms with Gasteiger partial charge in [-0.25, -0.2) is 0 Å². The van der Waals surface area contributed by atoms with Crippen molar-refractivity contribution in [2.24, 2.45) is 9.98 Å². The van der Waals surface area contributed by atoms with E-state index in [0.717, 1.165) is 30.0 Å². The third-order valence-electron chi connectivity index (χ3n) is 6.62. The number of ether oxygens (including phenoxy) is 2. The minimum atomic E-state index is -0.686. The number of nitrogens with zero attached hydrogens (tertiary/aromatic N) is 3. The lowest BCUT2D eigenvalue weighted by Gasteiger charge is -2.12. The Kier molecular flexibility index (Phi) is 18.3. The average molecular weight is 691 g/mol. The van der Waals surface area contributed by atoms with Crippen molar-refractivity contribution in [1.82, 2.24) is 10.6 Å². The van der Waals surface area contributed by atoms with E-state index in [2.05, 4.69) is 31.3 Å². The van der Waals surface area contributed by atoms with Crippen LogP contribution >= 0.6 is 24.8 Å². The number of hydrogen-bond donors (Lipinski definition) is 4. The van der Waals surface area contributed by atoms with Crippen LogP contribution in [0.25, 0.3) is 0 Å². The molecule has 3 rings (SSSR count). The van der Waals surface area contributed by atoms with Gasteiger partial charge in [0.15, 0.2) is 0 Å². The first-order valence-electron chi connectivity index (χ1n) is 14.3. The molecule has 0 saturated heterocycles. The Hall–Kier alpha value is -4.56. The predicted molar refractivity (Wildman–Crippen MR) is 190 cm³/mol. The Bertz CT molecular complexity index is 1520. The van der Waals surface area contributed by atoms with Gasteiger partial charge < -0.3 is 30.7 Å². The Labute approximate surface area is 286 Å². The molecule has 0 atom stereocenters. The van der Waals surface area contributed by atoms with Crippen molar-refractivity contribution in [3.63, 3.8) is 0 Å². The van der Waals surface area contributed by atoms with Crippen LogP contribution in [0.5, 0.6) is 0 Å². The van der Waals surface area contributed by atoms with E-state index in [0.29, 0.717) is 49.3 Å². The molecule has 0 bridgehead atoms. The first-order chi connectivity index (χ1) is 21.8. The highest BCUT2D eigenvalue weighted by molar-refractivity contribution is 6.10. The number of amides is 2. The number of aliphatic imine (C=N–C) groups is 2. The molecule has 4 N–H and O–H groups in total. The van der Waals surface area contributed by atoms with Gasteiger partial charge in [-0.05, 0) is 73.5 Å². The summed E-state index contributed by atoms with van der Waals surface area (Å²) in [6.07, 6.45) is 1.65. The summed E-state index contributed by atoms with van der Waals surface area (Å²) in [5, 5.41) is 23.8. The van der Waals surface area contributed by atoms with Crippen molar-refractivity contribution >= 4 is 65.4 Å². The molecule has 0 fully saturated rings. The van der Waals surface area contributed by atoms with Gasteiger partial charge in [-0.2, -0.15) is 0 Å². The zero-order valence-corrected chi connectivity index (χ0v) is 28.3. The average Bonchev–Trinajstić information content (AvgIpc) is 3.05. The summed E-state index contributed by atoms with van der Waals surface area (Å²) in [7, 11) is 6.66. The fraction of sp³-hybridized carbons (Fsp3) is 0.312. The van der Waals surface area contributed by atoms with Gasteiger partial charge in [-0.3, -0.25) is 29.7 Å². The van der Waals surface area contributed by atoms with Gasteiger partial charge in [-0.1, -0.05) is 0 Å². The third kappa shape index (κ3) is 12.3. The van der Waals surface area contributed by atoms with Crippen LogP contribution in [0.2, 0.25) is 0 Å². The molecule has 0 aliphatic carbocycles. The van der Waals surface area contributed by atoms with Gasteiger partial charge >= 0.3 is 0 Å². The summed E-state index contributed by atoms with van der Waals surface area (Å²) in [6.45, 7) is 2.65. The Morgan fingerprint density at radius 1 is 0.702 bits per heavy atom. The predicted octanol–water partition coefficient (Wildman–Crippen LogP) is 4.95. The van der Waals surface area contributed by atoms with E-state index in [4.69, 9.17) is 9.47 Å². The number of nitro benzene ring substituents is 1. The van der Waals surface area contributed by atoms with Gasteiger partial charge in [0.25, 0.3) is 17.5 Å². The lowest BCUT2D eigenvalue weighted by atomic mass is 10.1. The maximum absolute atomic E-state index is 13.0. The van der Waals surface area contributed by atoms with Crippen molar-refractivity contribution in [3.05, 3.63) is 99.1 Å². The molecule has 0 unspecified atom stereocenters. The molecule has 2 amide bonds. The number of carbonyl (C=O) groups is 2. The summed E-state index contributed by atoms with van der Waals surface area (Å²) >= 11 is 0. The number of halogens is 2. The fourth-order valence-corrected chi connectivity index (χ4v) is 4.31. The molecule has 0 aliphatic heterocycles. The van der Waals surface area contributed by atoms with Crippen LogP contribution in [0, 0.1) is 10.1 Å². The van der Waals surface area contributed by atoms with Gasteiger partial charge in [0, 0.05) is 88.7 Å². The zero-order chi connectivity index (χ0) is 32.6. The second-order valence-corrected chi connectivity index (χ2v) is 9.74. The van der Waals surface area contributed by atoms with Crippen LogP contribution in [0.3, 0.4) is 0 Å². The molecular weight excluding hydrogens is 649 g/mol. The van der Waals surface area contributed by atoms with E-state index >= 15 is 0 Å². The van der Waals surface area contributed by atoms with E-state index in [1.54, 1.807) is 76.8 Å². The van der Waals surface area contributed by atoms with Crippen molar-refractivity contribution in [2.75, 3.05) is 65.3 Å². The summed E-state index contributed by atoms with van der Waals surface area (Å²) in [5.74, 6) is 0.160. The first-order valence-corrected chi connectivity index (χ1v) is 14.3. The van der Waals surface area contributed by atoms with Gasteiger partial charge in [0.2, 0.25) is 0 Å². The quantitative estimate of drug-likeness (QED) is 0.0571. The molecule has 0 radical (unpaired) electrons. The SMILES string of the molecule is CN=C(NCCCOC)c1ccc(NC(=O)c2ccc(C(=O)Nc3ccc(C(=NC)NCCCOC)cc3)c([N+](=O)[O-])c2)cc1.Cl.Cl. The molecule has 0 heterocycles. The van der Waals surface area contributed by atoms with Gasteiger partial charge in [-0.15, -0.1) is 24.8 Å². The second-order valence-electron chi connectivity index (χ2n) is 9.74. The van der Waals surface area contributed by atoms with Crippen molar-refractivity contribution < 1.29 is 24.0 Å². The fourth-order valence-electron chi connectivity index (χ4n) is 4.31.